The van der Waals surface area contributed by atoms with Gasteiger partial charge >= 0.3 is 24.7 Å². The minimum atomic E-state index is -6.05. The summed E-state index contributed by atoms with van der Waals surface area (Å²) in [6, 6.07) is 5.76. The molecule has 1 atom stereocenters. The molecule has 0 aliphatic rings. The van der Waals surface area contributed by atoms with Gasteiger partial charge in [0, 0.05) is 11.1 Å². The third kappa shape index (κ3) is 5.69. The monoisotopic (exact) mass is 556 g/mol. The summed E-state index contributed by atoms with van der Waals surface area (Å²) in [5.74, 6) is -0.458. The van der Waals surface area contributed by atoms with Gasteiger partial charge in [0.1, 0.15) is 0 Å². The van der Waals surface area contributed by atoms with Gasteiger partial charge in [0.2, 0.25) is 0 Å². The maximum absolute atomic E-state index is 13.0. The molecule has 0 aromatic heterocycles. The fourth-order valence-electron chi connectivity index (χ4n) is 3.83. The van der Waals surface area contributed by atoms with E-state index in [1.54, 1.807) is 6.92 Å². The first-order valence-electron chi connectivity index (χ1n) is 10.5. The van der Waals surface area contributed by atoms with Gasteiger partial charge in [-0.1, -0.05) is 55.5 Å². The molecule has 0 saturated heterocycles. The molecule has 2 aromatic carbocycles. The molecule has 208 valence electrons. The van der Waals surface area contributed by atoms with E-state index in [1.807, 2.05) is 0 Å². The highest BCUT2D eigenvalue weighted by Gasteiger charge is 2.72. The van der Waals surface area contributed by atoms with Crippen molar-refractivity contribution in [2.45, 2.75) is 68.0 Å². The van der Waals surface area contributed by atoms with Crippen LogP contribution >= 0.6 is 0 Å². The summed E-state index contributed by atoms with van der Waals surface area (Å²) in [5.41, 5.74) is -12.5. The van der Waals surface area contributed by atoms with Crippen LogP contribution in [0.4, 0.5) is 52.7 Å². The van der Waals surface area contributed by atoms with Crippen LogP contribution < -0.4 is 0 Å². The predicted octanol–water partition coefficient (Wildman–Crippen LogP) is 7.44. The molecule has 0 spiro atoms. The lowest BCUT2D eigenvalue weighted by molar-refractivity contribution is -0.376. The largest absolute Gasteiger partial charge is 0.430 e. The smallest absolute Gasteiger partial charge is 0.369 e. The summed E-state index contributed by atoms with van der Waals surface area (Å²) in [6.45, 7) is 1.65. The molecule has 0 fully saturated rings. The first kappa shape index (κ1) is 30.7. The Balaban J connectivity index is 2.24. The maximum atomic E-state index is 13.0. The van der Waals surface area contributed by atoms with Gasteiger partial charge in [-0.2, -0.15) is 52.7 Å². The van der Waals surface area contributed by atoms with E-state index in [2.05, 4.69) is 0 Å². The van der Waals surface area contributed by atoms with E-state index in [-0.39, 0.29) is 18.4 Å². The number of benzene rings is 2. The second kappa shape index (κ2) is 10.0. The number of halogens is 12. The zero-order valence-corrected chi connectivity index (χ0v) is 18.7. The van der Waals surface area contributed by atoms with Crippen molar-refractivity contribution in [1.29, 1.82) is 0 Å². The van der Waals surface area contributed by atoms with Crippen LogP contribution in [0.15, 0.2) is 48.5 Å². The van der Waals surface area contributed by atoms with E-state index in [0.717, 1.165) is 24.3 Å². The Kier molecular flexibility index (Phi) is 8.31. The first-order chi connectivity index (χ1) is 16.6. The number of rotatable bonds is 7. The summed E-state index contributed by atoms with van der Waals surface area (Å²) in [5, 5.41) is 18.9. The number of alkyl halides is 12. The Morgan fingerprint density at radius 1 is 0.568 bits per heavy atom. The molecule has 37 heavy (non-hydrogen) atoms. The average molecular weight is 556 g/mol. The normalized spacial score (nSPS) is 15.1. The number of hydrogen-bond donors (Lipinski definition) is 2. The minimum Gasteiger partial charge on any atom is -0.369 e. The second-order valence-corrected chi connectivity index (χ2v) is 8.37. The molecule has 0 heterocycles. The van der Waals surface area contributed by atoms with E-state index in [1.165, 1.54) is 0 Å². The molecular formula is C23H20F12O2. The standard InChI is InChI=1S/C23H20F12O2/c1-2-14(15-7-11-17(12-8-15)19(37,22(30,31)32)23(33,34)35)6-3-13-4-9-16(10-5-13)18(36,20(24,25)26)21(27,28)29/h4-5,7-12,14,36-37H,2-3,6H2,1H3. The summed E-state index contributed by atoms with van der Waals surface area (Å²) < 4.78 is 156. The van der Waals surface area contributed by atoms with Gasteiger partial charge in [-0.15, -0.1) is 0 Å². The Bertz CT molecular complexity index is 1000. The fourth-order valence-corrected chi connectivity index (χ4v) is 3.83. The molecule has 14 heteroatoms. The molecule has 2 N–H and O–H groups in total. The second-order valence-electron chi connectivity index (χ2n) is 8.37. The highest BCUT2D eigenvalue weighted by molar-refractivity contribution is 5.33. The van der Waals surface area contributed by atoms with Crippen molar-refractivity contribution < 1.29 is 62.9 Å². The predicted molar refractivity (Wildman–Crippen MR) is 106 cm³/mol. The van der Waals surface area contributed by atoms with Crippen molar-refractivity contribution >= 4 is 0 Å². The summed E-state index contributed by atoms with van der Waals surface area (Å²) in [4.78, 5) is 0. The zero-order valence-electron chi connectivity index (χ0n) is 18.7. The van der Waals surface area contributed by atoms with Crippen molar-refractivity contribution in [3.8, 4) is 0 Å². The minimum absolute atomic E-state index is 0.0754. The highest BCUT2D eigenvalue weighted by Crippen LogP contribution is 2.51. The van der Waals surface area contributed by atoms with Gasteiger partial charge in [-0.05, 0) is 36.3 Å². The summed E-state index contributed by atoms with van der Waals surface area (Å²) in [6.07, 6.45) is -23.6. The van der Waals surface area contributed by atoms with Gasteiger partial charge in [0.25, 0.3) is 11.2 Å². The Hall–Kier alpha value is -2.48. The van der Waals surface area contributed by atoms with Crippen LogP contribution in [-0.4, -0.2) is 34.9 Å². The molecular weight excluding hydrogens is 536 g/mol. The highest BCUT2D eigenvalue weighted by atomic mass is 19.4. The van der Waals surface area contributed by atoms with Crippen LogP contribution in [0.2, 0.25) is 0 Å². The molecule has 0 radical (unpaired) electrons. The van der Waals surface area contributed by atoms with Crippen molar-refractivity contribution in [2.75, 3.05) is 0 Å². The zero-order chi connectivity index (χ0) is 28.7. The molecule has 2 aromatic rings. The molecule has 1 unspecified atom stereocenters. The van der Waals surface area contributed by atoms with Crippen molar-refractivity contribution in [3.63, 3.8) is 0 Å². The maximum Gasteiger partial charge on any atom is 0.430 e. The molecule has 0 amide bonds. The number of aliphatic hydroxyl groups is 2. The van der Waals surface area contributed by atoms with Gasteiger partial charge < -0.3 is 10.2 Å². The Morgan fingerprint density at radius 3 is 1.19 bits per heavy atom. The van der Waals surface area contributed by atoms with Crippen LogP contribution in [0, 0.1) is 0 Å². The molecule has 0 aliphatic carbocycles. The summed E-state index contributed by atoms with van der Waals surface area (Å²) in [7, 11) is 0. The first-order valence-corrected chi connectivity index (χ1v) is 10.5. The number of hydrogen-bond acceptors (Lipinski definition) is 2. The third-order valence-corrected chi connectivity index (χ3v) is 6.09. The molecule has 2 rings (SSSR count). The SMILES string of the molecule is CCC(CCc1ccc(C(O)(C(F)(F)F)C(F)(F)F)cc1)c1ccc(C(O)(C(F)(F)F)C(F)(F)F)cc1. The van der Waals surface area contributed by atoms with Crippen LogP contribution in [0.1, 0.15) is 47.9 Å². The third-order valence-electron chi connectivity index (χ3n) is 6.09. The Labute approximate surface area is 202 Å². The van der Waals surface area contributed by atoms with Crippen molar-refractivity contribution in [2.24, 2.45) is 0 Å². The lowest BCUT2D eigenvalue weighted by Crippen LogP contribution is -2.53. The van der Waals surface area contributed by atoms with E-state index in [0.29, 0.717) is 36.2 Å². The molecule has 0 aliphatic heterocycles. The van der Waals surface area contributed by atoms with E-state index in [4.69, 9.17) is 0 Å². The van der Waals surface area contributed by atoms with Crippen LogP contribution in [0.25, 0.3) is 0 Å². The van der Waals surface area contributed by atoms with Crippen molar-refractivity contribution in [1.82, 2.24) is 0 Å². The lowest BCUT2D eigenvalue weighted by Gasteiger charge is -2.33. The number of aryl methyl sites for hydroxylation is 1. The fraction of sp³-hybridized carbons (Fsp3) is 0.478. The van der Waals surface area contributed by atoms with Gasteiger partial charge in [0.15, 0.2) is 0 Å². The van der Waals surface area contributed by atoms with E-state index < -0.39 is 53.0 Å². The van der Waals surface area contributed by atoms with Gasteiger partial charge in [0.05, 0.1) is 0 Å². The summed E-state index contributed by atoms with van der Waals surface area (Å²) >= 11 is 0. The molecule has 2 nitrogen and oxygen atoms in total. The van der Waals surface area contributed by atoms with Crippen LogP contribution in [0.3, 0.4) is 0 Å². The quantitative estimate of drug-likeness (QED) is 0.348. The van der Waals surface area contributed by atoms with E-state index in [9.17, 15) is 62.9 Å². The lowest BCUT2D eigenvalue weighted by atomic mass is 9.86. The van der Waals surface area contributed by atoms with Gasteiger partial charge in [-0.3, -0.25) is 0 Å². The van der Waals surface area contributed by atoms with E-state index >= 15 is 0 Å². The van der Waals surface area contributed by atoms with Crippen LogP contribution in [-0.2, 0) is 17.6 Å². The Morgan fingerprint density at radius 2 is 0.892 bits per heavy atom. The van der Waals surface area contributed by atoms with Crippen LogP contribution in [0.5, 0.6) is 0 Å². The molecule has 0 saturated carbocycles. The van der Waals surface area contributed by atoms with Gasteiger partial charge in [-0.25, -0.2) is 0 Å². The van der Waals surface area contributed by atoms with Crippen molar-refractivity contribution in [3.05, 3.63) is 70.8 Å². The molecule has 0 bridgehead atoms. The topological polar surface area (TPSA) is 40.5 Å². The average Bonchev–Trinajstić information content (AvgIpc) is 2.76.